The van der Waals surface area contributed by atoms with Crippen molar-refractivity contribution in [2.24, 2.45) is 0 Å². The summed E-state index contributed by atoms with van der Waals surface area (Å²) in [5.74, 6) is 0.708. The van der Waals surface area contributed by atoms with Crippen LogP contribution in [0.1, 0.15) is 0 Å². The highest BCUT2D eigenvalue weighted by Crippen LogP contribution is 2.43. The minimum absolute atomic E-state index is 0.708. The monoisotopic (exact) mass is 679 g/mol. The summed E-state index contributed by atoms with van der Waals surface area (Å²) in [5.41, 5.74) is 12.3. The number of rotatable bonds is 7. The molecular formula is C48H33N5. The maximum absolute atomic E-state index is 4.49. The van der Waals surface area contributed by atoms with Crippen molar-refractivity contribution >= 4 is 49.8 Å². The maximum Gasteiger partial charge on any atom is 0.159 e. The van der Waals surface area contributed by atoms with Crippen LogP contribution >= 0.6 is 0 Å². The molecule has 3 aromatic heterocycles. The third-order valence-corrected chi connectivity index (χ3v) is 10.1. The molecule has 0 aliphatic rings. The molecule has 10 aromatic rings. The molecule has 0 radical (unpaired) electrons. The standard InChI is InChI=1S/C48H33N5/c1-4-11-34(12-5-1)35-17-21-39(22-18-35)52(40-23-19-36(20-24-40)48-49-30-10-31-50-48)41-25-26-45-43(33-41)47-42-29-32-51(37-13-6-2-7-14-37)44(42)27-28-46(47)53(45)38-15-8-3-9-16-38/h1-33H. The molecule has 7 aromatic carbocycles. The van der Waals surface area contributed by atoms with Crippen molar-refractivity contribution in [1.82, 2.24) is 19.1 Å². The van der Waals surface area contributed by atoms with Crippen molar-refractivity contribution in [1.29, 1.82) is 0 Å². The van der Waals surface area contributed by atoms with Crippen molar-refractivity contribution < 1.29 is 0 Å². The SMILES string of the molecule is c1ccc(-c2ccc(N(c3ccc(-c4ncccn4)cc3)c3ccc4c(c3)c3c5ccn(-c6ccccc6)c5ccc3n4-c3ccccc3)cc2)cc1. The molecule has 0 aliphatic carbocycles. The Kier molecular flexibility index (Phi) is 7.40. The van der Waals surface area contributed by atoms with E-state index in [1.165, 1.54) is 38.3 Å². The first-order valence-corrected chi connectivity index (χ1v) is 17.8. The fourth-order valence-corrected chi connectivity index (χ4v) is 7.62. The summed E-state index contributed by atoms with van der Waals surface area (Å²) in [6.45, 7) is 0. The van der Waals surface area contributed by atoms with E-state index < -0.39 is 0 Å². The highest BCUT2D eigenvalue weighted by molar-refractivity contribution is 6.22. The smallest absolute Gasteiger partial charge is 0.159 e. The highest BCUT2D eigenvalue weighted by Gasteiger charge is 2.20. The van der Waals surface area contributed by atoms with Gasteiger partial charge in [0.05, 0.1) is 16.6 Å². The number of hydrogen-bond donors (Lipinski definition) is 0. The van der Waals surface area contributed by atoms with Gasteiger partial charge in [-0.1, -0.05) is 78.9 Å². The Hall–Kier alpha value is -7.24. The quantitative estimate of drug-likeness (QED) is 0.168. The van der Waals surface area contributed by atoms with Gasteiger partial charge in [0.2, 0.25) is 0 Å². The Morgan fingerprint density at radius 3 is 1.62 bits per heavy atom. The van der Waals surface area contributed by atoms with E-state index >= 15 is 0 Å². The largest absolute Gasteiger partial charge is 0.317 e. The number of para-hydroxylation sites is 2. The average Bonchev–Trinajstić information content (AvgIpc) is 3.82. The summed E-state index contributed by atoms with van der Waals surface area (Å²) in [6, 6.07) is 64.6. The van der Waals surface area contributed by atoms with E-state index in [0.29, 0.717) is 5.82 Å². The van der Waals surface area contributed by atoms with Crippen molar-refractivity contribution in [2.75, 3.05) is 4.90 Å². The van der Waals surface area contributed by atoms with Crippen molar-refractivity contribution in [3.8, 4) is 33.9 Å². The summed E-state index contributed by atoms with van der Waals surface area (Å²) in [4.78, 5) is 11.3. The van der Waals surface area contributed by atoms with Crippen LogP contribution in [0.2, 0.25) is 0 Å². The first kappa shape index (κ1) is 30.6. The van der Waals surface area contributed by atoms with E-state index in [1.54, 1.807) is 12.4 Å². The number of nitrogens with zero attached hydrogens (tertiary/aromatic N) is 5. The van der Waals surface area contributed by atoms with Gasteiger partial charge in [-0.15, -0.1) is 0 Å². The molecule has 0 saturated heterocycles. The van der Waals surface area contributed by atoms with Crippen LogP contribution in [0, 0.1) is 0 Å². The van der Waals surface area contributed by atoms with Gasteiger partial charge in [0.15, 0.2) is 5.82 Å². The number of fused-ring (bicyclic) bond motifs is 5. The molecule has 0 amide bonds. The molecule has 0 spiro atoms. The number of hydrogen-bond acceptors (Lipinski definition) is 3. The minimum atomic E-state index is 0.708. The molecule has 0 unspecified atom stereocenters. The molecule has 3 heterocycles. The molecule has 0 atom stereocenters. The van der Waals surface area contributed by atoms with Crippen LogP contribution < -0.4 is 4.90 Å². The van der Waals surface area contributed by atoms with Crippen LogP contribution in [0.4, 0.5) is 17.1 Å². The van der Waals surface area contributed by atoms with E-state index in [4.69, 9.17) is 0 Å². The lowest BCUT2D eigenvalue weighted by molar-refractivity contribution is 1.13. The van der Waals surface area contributed by atoms with Crippen LogP contribution in [0.15, 0.2) is 201 Å². The lowest BCUT2D eigenvalue weighted by Crippen LogP contribution is -2.10. The summed E-state index contributed by atoms with van der Waals surface area (Å²) in [6.07, 6.45) is 5.75. The van der Waals surface area contributed by atoms with E-state index in [2.05, 4.69) is 206 Å². The summed E-state index contributed by atoms with van der Waals surface area (Å²) < 4.78 is 4.67. The zero-order valence-corrected chi connectivity index (χ0v) is 28.8. The summed E-state index contributed by atoms with van der Waals surface area (Å²) in [7, 11) is 0. The normalized spacial score (nSPS) is 11.4. The Morgan fingerprint density at radius 2 is 0.943 bits per heavy atom. The van der Waals surface area contributed by atoms with Gasteiger partial charge in [0.1, 0.15) is 0 Å². The second-order valence-electron chi connectivity index (χ2n) is 13.2. The number of aromatic nitrogens is 4. The van der Waals surface area contributed by atoms with Gasteiger partial charge in [0.25, 0.3) is 0 Å². The number of anilines is 3. The van der Waals surface area contributed by atoms with Gasteiger partial charge in [-0.2, -0.15) is 0 Å². The van der Waals surface area contributed by atoms with E-state index in [0.717, 1.165) is 39.5 Å². The summed E-state index contributed by atoms with van der Waals surface area (Å²) >= 11 is 0. The van der Waals surface area contributed by atoms with Crippen molar-refractivity contribution in [2.45, 2.75) is 0 Å². The van der Waals surface area contributed by atoms with Crippen LogP contribution in [0.5, 0.6) is 0 Å². The van der Waals surface area contributed by atoms with E-state index in [1.807, 2.05) is 6.07 Å². The lowest BCUT2D eigenvalue weighted by Gasteiger charge is -2.26. The second kappa shape index (κ2) is 12.8. The van der Waals surface area contributed by atoms with Gasteiger partial charge in [0, 0.05) is 68.7 Å². The van der Waals surface area contributed by atoms with Crippen LogP contribution in [-0.4, -0.2) is 19.1 Å². The fourth-order valence-electron chi connectivity index (χ4n) is 7.62. The van der Waals surface area contributed by atoms with Gasteiger partial charge in [-0.3, -0.25) is 0 Å². The molecule has 10 rings (SSSR count). The zero-order valence-electron chi connectivity index (χ0n) is 28.8. The molecule has 5 heteroatoms. The molecule has 0 bridgehead atoms. The van der Waals surface area contributed by atoms with Crippen LogP contribution in [-0.2, 0) is 0 Å². The van der Waals surface area contributed by atoms with Crippen LogP contribution in [0.25, 0.3) is 66.6 Å². The predicted octanol–water partition coefficient (Wildman–Crippen LogP) is 12.3. The highest BCUT2D eigenvalue weighted by atomic mass is 15.1. The van der Waals surface area contributed by atoms with Gasteiger partial charge < -0.3 is 14.0 Å². The lowest BCUT2D eigenvalue weighted by atomic mass is 10.0. The minimum Gasteiger partial charge on any atom is -0.317 e. The average molecular weight is 680 g/mol. The molecular weight excluding hydrogens is 647 g/mol. The van der Waals surface area contributed by atoms with Gasteiger partial charge >= 0.3 is 0 Å². The second-order valence-corrected chi connectivity index (χ2v) is 13.2. The molecule has 0 fully saturated rings. The molecule has 0 saturated carbocycles. The van der Waals surface area contributed by atoms with Gasteiger partial charge in [-0.25, -0.2) is 9.97 Å². The molecule has 0 aliphatic heterocycles. The zero-order chi connectivity index (χ0) is 35.1. The molecule has 0 N–H and O–H groups in total. The van der Waals surface area contributed by atoms with Crippen molar-refractivity contribution in [3.63, 3.8) is 0 Å². The molecule has 5 nitrogen and oxygen atoms in total. The Bertz CT molecular complexity index is 2760. The molecule has 53 heavy (non-hydrogen) atoms. The topological polar surface area (TPSA) is 38.9 Å². The van der Waals surface area contributed by atoms with E-state index in [9.17, 15) is 0 Å². The van der Waals surface area contributed by atoms with Crippen molar-refractivity contribution in [3.05, 3.63) is 201 Å². The van der Waals surface area contributed by atoms with Gasteiger partial charge in [-0.05, 0) is 114 Å². The Labute approximate surface area is 307 Å². The number of benzene rings is 7. The third-order valence-electron chi connectivity index (χ3n) is 10.1. The fraction of sp³-hybridized carbons (Fsp3) is 0. The van der Waals surface area contributed by atoms with Crippen LogP contribution in [0.3, 0.4) is 0 Å². The molecule has 250 valence electrons. The van der Waals surface area contributed by atoms with E-state index in [-0.39, 0.29) is 0 Å². The maximum atomic E-state index is 4.49. The summed E-state index contributed by atoms with van der Waals surface area (Å²) in [5, 5.41) is 3.64. The predicted molar refractivity (Wildman–Crippen MR) is 219 cm³/mol. The first-order chi connectivity index (χ1) is 26.3. The Morgan fingerprint density at radius 1 is 0.396 bits per heavy atom. The Balaban J connectivity index is 1.19. The first-order valence-electron chi connectivity index (χ1n) is 17.8. The third kappa shape index (κ3) is 5.34.